The lowest BCUT2D eigenvalue weighted by molar-refractivity contribution is -0.123. The fourth-order valence-corrected chi connectivity index (χ4v) is 5.12. The van der Waals surface area contributed by atoms with Gasteiger partial charge in [0.25, 0.3) is 5.91 Å². The highest BCUT2D eigenvalue weighted by molar-refractivity contribution is 7.95. The zero-order chi connectivity index (χ0) is 24.3. The van der Waals surface area contributed by atoms with Gasteiger partial charge in [0.2, 0.25) is 0 Å². The van der Waals surface area contributed by atoms with Crippen LogP contribution in [0.4, 0.5) is 17.2 Å². The zero-order valence-electron chi connectivity index (χ0n) is 18.7. The number of nitrogens with one attached hydrogen (secondary N) is 2. The molecule has 0 unspecified atom stereocenters. The van der Waals surface area contributed by atoms with Gasteiger partial charge in [0.05, 0.1) is 32.7 Å². The molecule has 1 aliphatic heterocycles. The van der Waals surface area contributed by atoms with Crippen LogP contribution in [0.3, 0.4) is 0 Å². The maximum atomic E-state index is 12.5. The second-order valence-corrected chi connectivity index (χ2v) is 11.0. The van der Waals surface area contributed by atoms with Crippen LogP contribution in [0, 0.1) is 18.3 Å². The number of fused-ring (bicyclic) bond motifs is 1. The first-order chi connectivity index (χ1) is 16.3. The van der Waals surface area contributed by atoms with E-state index in [9.17, 15) is 9.00 Å². The predicted octanol–water partition coefficient (Wildman–Crippen LogP) is 4.25. The van der Waals surface area contributed by atoms with Crippen molar-refractivity contribution in [3.05, 3.63) is 47.2 Å². The summed E-state index contributed by atoms with van der Waals surface area (Å²) in [6, 6.07) is 10.00. The summed E-state index contributed by atoms with van der Waals surface area (Å²) in [6.07, 6.45) is 2.37. The van der Waals surface area contributed by atoms with Gasteiger partial charge < -0.3 is 15.4 Å². The van der Waals surface area contributed by atoms with E-state index in [4.69, 9.17) is 21.6 Å². The van der Waals surface area contributed by atoms with Gasteiger partial charge >= 0.3 is 0 Å². The molecule has 11 heteroatoms. The van der Waals surface area contributed by atoms with Gasteiger partial charge in [-0.1, -0.05) is 11.6 Å². The van der Waals surface area contributed by atoms with E-state index < -0.39 is 21.7 Å². The molecule has 0 spiro atoms. The number of aryl methyl sites for hydroxylation is 1. The summed E-state index contributed by atoms with van der Waals surface area (Å²) in [5.74, 6) is 1.73. The van der Waals surface area contributed by atoms with Crippen LogP contribution in [0.5, 0.6) is 5.75 Å². The quantitative estimate of drug-likeness (QED) is 0.498. The fourth-order valence-electron chi connectivity index (χ4n) is 3.50. The van der Waals surface area contributed by atoms with Gasteiger partial charge in [-0.25, -0.2) is 14.2 Å². The Morgan fingerprint density at radius 2 is 2.12 bits per heavy atom. The number of aromatic nitrogens is 2. The lowest BCUT2D eigenvalue weighted by Crippen LogP contribution is -2.35. The van der Waals surface area contributed by atoms with E-state index in [1.807, 2.05) is 19.1 Å². The highest BCUT2D eigenvalue weighted by Crippen LogP contribution is 2.35. The molecular formula is C23H23ClN6O3S. The first kappa shape index (κ1) is 23.7. The summed E-state index contributed by atoms with van der Waals surface area (Å²) >= 11 is 6.14. The lowest BCUT2D eigenvalue weighted by atomic mass is 10.1. The zero-order valence-corrected chi connectivity index (χ0v) is 20.2. The van der Waals surface area contributed by atoms with Gasteiger partial charge in [-0.15, -0.1) is 0 Å². The molecule has 0 bridgehead atoms. The van der Waals surface area contributed by atoms with Crippen molar-refractivity contribution in [1.29, 1.82) is 5.26 Å². The molecule has 34 heavy (non-hydrogen) atoms. The minimum Gasteiger partial charge on any atom is -0.482 e. The van der Waals surface area contributed by atoms with Gasteiger partial charge in [-0.3, -0.25) is 4.79 Å². The van der Waals surface area contributed by atoms with Crippen molar-refractivity contribution < 1.29 is 13.7 Å². The molecule has 2 N–H and O–H groups in total. The van der Waals surface area contributed by atoms with Gasteiger partial charge in [0.15, 0.2) is 6.61 Å². The monoisotopic (exact) mass is 498 g/mol. The van der Waals surface area contributed by atoms with E-state index in [2.05, 4.69) is 25.0 Å². The molecule has 2 aromatic carbocycles. The van der Waals surface area contributed by atoms with Gasteiger partial charge in [-0.05, 0) is 50.1 Å². The Morgan fingerprint density at radius 1 is 1.32 bits per heavy atom. The third-order valence-corrected chi connectivity index (χ3v) is 7.88. The topological polar surface area (TPSA) is 129 Å². The molecule has 4 rings (SSSR count). The number of hydrogen-bond acceptors (Lipinski definition) is 8. The number of nitrogens with zero attached hydrogens (tertiary/aromatic N) is 4. The summed E-state index contributed by atoms with van der Waals surface area (Å²) < 4.78 is 22.7. The minimum absolute atomic E-state index is 0.283. The van der Waals surface area contributed by atoms with Crippen molar-refractivity contribution in [3.63, 3.8) is 0 Å². The van der Waals surface area contributed by atoms with E-state index in [0.717, 1.165) is 17.4 Å². The maximum absolute atomic E-state index is 12.5. The Balaban J connectivity index is 1.62. The molecule has 0 aliphatic carbocycles. The molecule has 9 nitrogen and oxygen atoms in total. The molecule has 3 aromatic rings. The number of amides is 1. The molecule has 1 amide bonds. The Morgan fingerprint density at radius 3 is 2.82 bits per heavy atom. The number of nitriles is 1. The van der Waals surface area contributed by atoms with Crippen LogP contribution < -0.4 is 15.4 Å². The number of carbonyl (C=O) groups excluding carboxylic acids is 1. The molecule has 0 radical (unpaired) electrons. The van der Waals surface area contributed by atoms with Crippen LogP contribution in [0.25, 0.3) is 10.9 Å². The molecule has 1 saturated heterocycles. The van der Waals surface area contributed by atoms with Crippen LogP contribution in [-0.4, -0.2) is 44.2 Å². The van der Waals surface area contributed by atoms with Crippen molar-refractivity contribution in [3.8, 4) is 11.8 Å². The molecule has 0 saturated carbocycles. The number of anilines is 2. The number of ether oxygens (including phenoxy) is 1. The van der Waals surface area contributed by atoms with Crippen LogP contribution in [0.15, 0.2) is 41.0 Å². The van der Waals surface area contributed by atoms with E-state index >= 15 is 0 Å². The molecule has 1 fully saturated rings. The van der Waals surface area contributed by atoms with E-state index in [1.54, 1.807) is 31.2 Å². The van der Waals surface area contributed by atoms with Crippen LogP contribution in [0.1, 0.15) is 18.9 Å². The van der Waals surface area contributed by atoms with Gasteiger partial charge in [0.1, 0.15) is 23.9 Å². The smallest absolute Gasteiger partial charge is 0.258 e. The van der Waals surface area contributed by atoms with Crippen LogP contribution in [-0.2, 0) is 14.5 Å². The standard InChI is InChI=1S/C23H23ClN6O3S/c1-14-8-17(30-34(32)6-3-7-34)10-19-22(14)23(27-13-26-19)29-18-5-4-16(24)9-20(18)33-12-21(31)28-15(2)11-25/h4-5,8-10,13,15H,3,6-7,12H2,1-2H3,(H,28,31)(H,26,27,29)/t15-/m0/s1. The first-order valence-electron chi connectivity index (χ1n) is 10.6. The number of halogens is 1. The Bertz CT molecular complexity index is 1420. The van der Waals surface area contributed by atoms with E-state index in [1.165, 1.54) is 6.33 Å². The summed E-state index contributed by atoms with van der Waals surface area (Å²) in [4.78, 5) is 20.8. The molecule has 1 aromatic heterocycles. The third kappa shape index (κ3) is 5.38. The van der Waals surface area contributed by atoms with Crippen molar-refractivity contribution in [2.75, 3.05) is 23.4 Å². The summed E-state index contributed by atoms with van der Waals surface area (Å²) in [5, 5.41) is 15.8. The third-order valence-electron chi connectivity index (χ3n) is 5.24. The average molecular weight is 499 g/mol. The van der Waals surface area contributed by atoms with Crippen molar-refractivity contribution in [2.24, 2.45) is 4.36 Å². The van der Waals surface area contributed by atoms with Gasteiger partial charge in [0, 0.05) is 28.0 Å². The second kappa shape index (κ2) is 9.83. The number of hydrogen-bond donors (Lipinski definition) is 2. The lowest BCUT2D eigenvalue weighted by Gasteiger charge is -2.18. The summed E-state index contributed by atoms with van der Waals surface area (Å²) in [5.41, 5.74) is 2.74. The van der Waals surface area contributed by atoms with Gasteiger partial charge in [-0.2, -0.15) is 9.62 Å². The first-order valence-corrected chi connectivity index (χ1v) is 12.9. The van der Waals surface area contributed by atoms with E-state index in [-0.39, 0.29) is 6.61 Å². The predicted molar refractivity (Wildman–Crippen MR) is 132 cm³/mol. The van der Waals surface area contributed by atoms with Crippen LogP contribution >= 0.6 is 11.6 Å². The number of carbonyl (C=O) groups is 1. The summed E-state index contributed by atoms with van der Waals surface area (Å²) in [7, 11) is -2.13. The summed E-state index contributed by atoms with van der Waals surface area (Å²) in [6.45, 7) is 3.22. The normalized spacial score (nSPS) is 15.0. The fraction of sp³-hybridized carbons (Fsp3) is 0.304. The van der Waals surface area contributed by atoms with Crippen LogP contribution in [0.2, 0.25) is 5.02 Å². The Labute approximate surface area is 202 Å². The van der Waals surface area contributed by atoms with E-state index in [0.29, 0.717) is 45.0 Å². The SMILES string of the molecule is Cc1cc(N=S2(=O)CCC2)cc2ncnc(Nc3ccc(Cl)cc3OCC(=O)N[C@@H](C)C#N)c12. The number of rotatable bonds is 7. The molecular weight excluding hydrogens is 476 g/mol. The Hall–Kier alpha value is -3.42. The van der Waals surface area contributed by atoms with Crippen molar-refractivity contribution in [2.45, 2.75) is 26.3 Å². The van der Waals surface area contributed by atoms with Crippen molar-refractivity contribution in [1.82, 2.24) is 15.3 Å². The Kier molecular flexibility index (Phi) is 6.86. The molecule has 176 valence electrons. The maximum Gasteiger partial charge on any atom is 0.258 e. The molecule has 2 heterocycles. The second-order valence-electron chi connectivity index (χ2n) is 7.98. The highest BCUT2D eigenvalue weighted by Gasteiger charge is 2.20. The molecule has 1 aliphatic rings. The highest BCUT2D eigenvalue weighted by atomic mass is 35.5. The number of benzene rings is 2. The average Bonchev–Trinajstić information content (AvgIpc) is 2.78. The largest absolute Gasteiger partial charge is 0.482 e. The molecule has 1 atom stereocenters. The van der Waals surface area contributed by atoms with Crippen molar-refractivity contribution >= 4 is 55.3 Å². The minimum atomic E-state index is -2.13.